The summed E-state index contributed by atoms with van der Waals surface area (Å²) in [5.74, 6) is -1.21. The van der Waals surface area contributed by atoms with E-state index in [2.05, 4.69) is 10.6 Å². The molecule has 0 radical (unpaired) electrons. The summed E-state index contributed by atoms with van der Waals surface area (Å²) in [6.07, 6.45) is 0.417. The van der Waals surface area contributed by atoms with Crippen molar-refractivity contribution in [3.8, 4) is 5.75 Å². The third-order valence-corrected chi connectivity index (χ3v) is 4.06. The maximum atomic E-state index is 13.7. The molecule has 0 bridgehead atoms. The van der Waals surface area contributed by atoms with Crippen LogP contribution in [0.4, 0.5) is 25.0 Å². The predicted octanol–water partition coefficient (Wildman–Crippen LogP) is 2.90. The Hall–Kier alpha value is -3.16. The van der Waals surface area contributed by atoms with Crippen LogP contribution in [0.3, 0.4) is 0 Å². The number of urea groups is 1. The van der Waals surface area contributed by atoms with E-state index in [-0.39, 0.29) is 23.2 Å². The van der Waals surface area contributed by atoms with Gasteiger partial charge in [0.25, 0.3) is 0 Å². The lowest BCUT2D eigenvalue weighted by molar-refractivity contribution is -0.118. The highest BCUT2D eigenvalue weighted by Crippen LogP contribution is 2.23. The Kier molecular flexibility index (Phi) is 5.01. The van der Waals surface area contributed by atoms with Crippen LogP contribution in [0.25, 0.3) is 0 Å². The maximum Gasteiger partial charge on any atom is 0.319 e. The lowest BCUT2D eigenvalue weighted by Crippen LogP contribution is -2.43. The molecule has 1 heterocycles. The topological polar surface area (TPSA) is 70.7 Å². The summed E-state index contributed by atoms with van der Waals surface area (Å²) in [7, 11) is 1.34. The fourth-order valence-electron chi connectivity index (χ4n) is 2.76. The SMILES string of the molecule is COc1ccc(NC(=O)N[C@H]2CCN(c3ccc(F)cc3)C2=O)cc1F. The van der Waals surface area contributed by atoms with Crippen molar-refractivity contribution in [2.45, 2.75) is 12.5 Å². The van der Waals surface area contributed by atoms with Crippen molar-refractivity contribution in [1.29, 1.82) is 0 Å². The molecular formula is C18H17F2N3O3. The van der Waals surface area contributed by atoms with Gasteiger partial charge in [-0.2, -0.15) is 0 Å². The first-order valence-corrected chi connectivity index (χ1v) is 7.96. The Bertz CT molecular complexity index is 827. The molecule has 26 heavy (non-hydrogen) atoms. The minimum absolute atomic E-state index is 0.0665. The standard InChI is InChI=1S/C18H17F2N3O3/c1-26-16-7-4-12(10-14(16)20)21-18(25)22-15-8-9-23(17(15)24)13-5-2-11(19)3-6-13/h2-7,10,15H,8-9H2,1H3,(H2,21,22,25)/t15-/m0/s1. The summed E-state index contributed by atoms with van der Waals surface area (Å²) in [6, 6.07) is 8.25. The Labute approximate surface area is 148 Å². The van der Waals surface area contributed by atoms with Gasteiger partial charge in [-0.15, -0.1) is 0 Å². The third-order valence-electron chi connectivity index (χ3n) is 4.06. The lowest BCUT2D eigenvalue weighted by Gasteiger charge is -2.17. The average molecular weight is 361 g/mol. The second-order valence-corrected chi connectivity index (χ2v) is 5.76. The summed E-state index contributed by atoms with van der Waals surface area (Å²) < 4.78 is 31.5. The number of halogens is 2. The van der Waals surface area contributed by atoms with E-state index < -0.39 is 17.9 Å². The number of benzene rings is 2. The molecule has 3 rings (SSSR count). The Morgan fingerprint density at radius 1 is 1.19 bits per heavy atom. The molecule has 3 amide bonds. The number of carbonyl (C=O) groups excluding carboxylic acids is 2. The number of hydrogen-bond donors (Lipinski definition) is 2. The van der Waals surface area contributed by atoms with Gasteiger partial charge in [-0.25, -0.2) is 13.6 Å². The Morgan fingerprint density at radius 3 is 2.58 bits per heavy atom. The molecular weight excluding hydrogens is 344 g/mol. The molecule has 1 atom stereocenters. The second kappa shape index (κ2) is 7.38. The zero-order valence-electron chi connectivity index (χ0n) is 14.0. The van der Waals surface area contributed by atoms with Crippen LogP contribution in [0.15, 0.2) is 42.5 Å². The number of nitrogens with one attached hydrogen (secondary N) is 2. The molecule has 0 spiro atoms. The van der Waals surface area contributed by atoms with Crippen LogP contribution in [0.1, 0.15) is 6.42 Å². The lowest BCUT2D eigenvalue weighted by atomic mass is 10.2. The molecule has 136 valence electrons. The van der Waals surface area contributed by atoms with Crippen LogP contribution in [-0.4, -0.2) is 31.6 Å². The molecule has 1 aliphatic heterocycles. The van der Waals surface area contributed by atoms with E-state index in [1.54, 1.807) is 0 Å². The van der Waals surface area contributed by atoms with Gasteiger partial charge in [0, 0.05) is 24.0 Å². The Morgan fingerprint density at radius 2 is 1.92 bits per heavy atom. The number of rotatable bonds is 4. The minimum Gasteiger partial charge on any atom is -0.494 e. The molecule has 0 aromatic heterocycles. The number of methoxy groups -OCH3 is 1. The smallest absolute Gasteiger partial charge is 0.319 e. The highest BCUT2D eigenvalue weighted by Gasteiger charge is 2.33. The normalized spacial score (nSPS) is 16.5. The van der Waals surface area contributed by atoms with Gasteiger partial charge in [0.1, 0.15) is 11.9 Å². The van der Waals surface area contributed by atoms with Crippen LogP contribution in [-0.2, 0) is 4.79 Å². The maximum absolute atomic E-state index is 13.7. The number of nitrogens with zero attached hydrogens (tertiary/aromatic N) is 1. The molecule has 8 heteroatoms. The van der Waals surface area contributed by atoms with Gasteiger partial charge in [-0.05, 0) is 42.8 Å². The van der Waals surface area contributed by atoms with Gasteiger partial charge >= 0.3 is 6.03 Å². The molecule has 2 N–H and O–H groups in total. The monoisotopic (exact) mass is 361 g/mol. The average Bonchev–Trinajstić information content (AvgIpc) is 2.96. The van der Waals surface area contributed by atoms with Crippen molar-refractivity contribution < 1.29 is 23.1 Å². The number of hydrogen-bond acceptors (Lipinski definition) is 3. The molecule has 1 saturated heterocycles. The van der Waals surface area contributed by atoms with Crippen molar-refractivity contribution in [2.75, 3.05) is 23.9 Å². The van der Waals surface area contributed by atoms with E-state index in [1.807, 2.05) is 0 Å². The van der Waals surface area contributed by atoms with Crippen LogP contribution >= 0.6 is 0 Å². The van der Waals surface area contributed by atoms with E-state index in [0.29, 0.717) is 18.7 Å². The van der Waals surface area contributed by atoms with E-state index >= 15 is 0 Å². The molecule has 6 nitrogen and oxygen atoms in total. The fraction of sp³-hybridized carbons (Fsp3) is 0.222. The first kappa shape index (κ1) is 17.7. The molecule has 0 unspecified atom stereocenters. The largest absolute Gasteiger partial charge is 0.494 e. The highest BCUT2D eigenvalue weighted by atomic mass is 19.1. The summed E-state index contributed by atoms with van der Waals surface area (Å²) in [5, 5.41) is 5.04. The van der Waals surface area contributed by atoms with Crippen molar-refractivity contribution >= 4 is 23.3 Å². The molecule has 0 saturated carbocycles. The second-order valence-electron chi connectivity index (χ2n) is 5.76. The summed E-state index contributed by atoms with van der Waals surface area (Å²) in [4.78, 5) is 26.0. The summed E-state index contributed by atoms with van der Waals surface area (Å²) in [5.41, 5.74) is 0.806. The van der Waals surface area contributed by atoms with Gasteiger partial charge in [0.2, 0.25) is 5.91 Å². The summed E-state index contributed by atoms with van der Waals surface area (Å²) in [6.45, 7) is 0.409. The van der Waals surface area contributed by atoms with E-state index in [1.165, 1.54) is 48.4 Å². The number of ether oxygens (including phenoxy) is 1. The van der Waals surface area contributed by atoms with Gasteiger partial charge in [-0.1, -0.05) is 0 Å². The zero-order valence-corrected chi connectivity index (χ0v) is 14.0. The third kappa shape index (κ3) is 3.74. The van der Waals surface area contributed by atoms with Crippen molar-refractivity contribution in [1.82, 2.24) is 5.32 Å². The van der Waals surface area contributed by atoms with Gasteiger partial charge < -0.3 is 20.3 Å². The first-order chi connectivity index (χ1) is 12.5. The molecule has 0 aliphatic carbocycles. The van der Waals surface area contributed by atoms with Crippen LogP contribution < -0.4 is 20.3 Å². The number of amides is 3. The van der Waals surface area contributed by atoms with Crippen LogP contribution in [0, 0.1) is 11.6 Å². The van der Waals surface area contributed by atoms with Gasteiger partial charge in [0.15, 0.2) is 11.6 Å². The van der Waals surface area contributed by atoms with E-state index in [9.17, 15) is 18.4 Å². The zero-order chi connectivity index (χ0) is 18.7. The first-order valence-electron chi connectivity index (χ1n) is 7.96. The highest BCUT2D eigenvalue weighted by molar-refractivity contribution is 6.02. The molecule has 2 aromatic rings. The minimum atomic E-state index is -0.705. The molecule has 1 fully saturated rings. The van der Waals surface area contributed by atoms with Crippen molar-refractivity contribution in [3.63, 3.8) is 0 Å². The molecule has 2 aromatic carbocycles. The predicted molar refractivity (Wildman–Crippen MR) is 92.3 cm³/mol. The Balaban J connectivity index is 1.60. The molecule has 1 aliphatic rings. The van der Waals surface area contributed by atoms with Gasteiger partial charge in [0.05, 0.1) is 7.11 Å². The van der Waals surface area contributed by atoms with E-state index in [4.69, 9.17) is 4.74 Å². The van der Waals surface area contributed by atoms with Crippen molar-refractivity contribution in [2.24, 2.45) is 0 Å². The number of carbonyl (C=O) groups is 2. The quantitative estimate of drug-likeness (QED) is 0.880. The van der Waals surface area contributed by atoms with Crippen molar-refractivity contribution in [3.05, 3.63) is 54.1 Å². The number of anilines is 2. The summed E-state index contributed by atoms with van der Waals surface area (Å²) >= 11 is 0. The fourth-order valence-corrected chi connectivity index (χ4v) is 2.76. The van der Waals surface area contributed by atoms with Crippen LogP contribution in [0.5, 0.6) is 5.75 Å². The van der Waals surface area contributed by atoms with Gasteiger partial charge in [-0.3, -0.25) is 4.79 Å². The van der Waals surface area contributed by atoms with Crippen LogP contribution in [0.2, 0.25) is 0 Å². The van der Waals surface area contributed by atoms with E-state index in [0.717, 1.165) is 6.07 Å².